The number of aliphatic hydroxyl groups excluding tert-OH is 1. The highest BCUT2D eigenvalue weighted by molar-refractivity contribution is 6.46. The number of hydrogen-bond acceptors (Lipinski definition) is 7. The number of rotatable bonds is 7. The van der Waals surface area contributed by atoms with E-state index in [-0.39, 0.29) is 17.9 Å². The van der Waals surface area contributed by atoms with Gasteiger partial charge in [0.2, 0.25) is 0 Å². The topological polar surface area (TPSA) is 98.4 Å². The lowest BCUT2D eigenvalue weighted by Crippen LogP contribution is -2.29. The monoisotopic (exact) mass is 473 g/mol. The average Bonchev–Trinajstić information content (AvgIpc) is 3.49. The molecule has 1 amide bonds. The molecule has 1 fully saturated rings. The summed E-state index contributed by atoms with van der Waals surface area (Å²) in [6, 6.07) is 14.5. The number of likely N-dealkylation sites (tertiary alicyclic amines) is 1. The molecule has 1 atom stereocenters. The highest BCUT2D eigenvalue weighted by Gasteiger charge is 2.46. The van der Waals surface area contributed by atoms with Gasteiger partial charge in [-0.3, -0.25) is 9.59 Å². The van der Waals surface area contributed by atoms with Crippen molar-refractivity contribution in [2.45, 2.75) is 12.6 Å². The fourth-order valence-electron chi connectivity index (χ4n) is 4.24. The Bertz CT molecular complexity index is 1310. The van der Waals surface area contributed by atoms with Crippen LogP contribution in [0.3, 0.4) is 0 Å². The van der Waals surface area contributed by atoms with Gasteiger partial charge < -0.3 is 28.6 Å². The molecule has 3 heterocycles. The second-order valence-corrected chi connectivity index (χ2v) is 8.04. The van der Waals surface area contributed by atoms with Crippen LogP contribution in [0.15, 0.2) is 83.5 Å². The van der Waals surface area contributed by atoms with Crippen molar-refractivity contribution in [3.8, 4) is 17.2 Å². The minimum absolute atomic E-state index is 0.0286. The Balaban J connectivity index is 1.62. The standard InChI is InChI=1S/C27H23NO7/c1-2-10-32-19-6-3-5-17(14-19)24-23(26(30)27(31)28(24)16-20-7-4-11-33-20)25(29)18-8-9-21-22(15-18)35-13-12-34-21/h2-9,11,14-15,24,29H,1,10,12-13,16H2/b25-23+/t24-/m0/s1. The van der Waals surface area contributed by atoms with E-state index in [1.54, 1.807) is 60.7 Å². The van der Waals surface area contributed by atoms with Gasteiger partial charge in [-0.25, -0.2) is 0 Å². The molecule has 0 spiro atoms. The second kappa shape index (κ2) is 9.42. The molecule has 35 heavy (non-hydrogen) atoms. The maximum absolute atomic E-state index is 13.2. The summed E-state index contributed by atoms with van der Waals surface area (Å²) in [4.78, 5) is 27.8. The summed E-state index contributed by atoms with van der Waals surface area (Å²) >= 11 is 0. The molecule has 0 bridgehead atoms. The van der Waals surface area contributed by atoms with Crippen LogP contribution < -0.4 is 14.2 Å². The van der Waals surface area contributed by atoms with Crippen LogP contribution in [0.2, 0.25) is 0 Å². The van der Waals surface area contributed by atoms with Gasteiger partial charge in [-0.15, -0.1) is 0 Å². The van der Waals surface area contributed by atoms with Crippen LogP contribution in [0.5, 0.6) is 17.2 Å². The Kier molecular flexibility index (Phi) is 6.01. The van der Waals surface area contributed by atoms with Crippen LogP contribution in [0, 0.1) is 0 Å². The maximum Gasteiger partial charge on any atom is 0.296 e. The molecule has 8 nitrogen and oxygen atoms in total. The highest BCUT2D eigenvalue weighted by Crippen LogP contribution is 2.42. The van der Waals surface area contributed by atoms with Crippen molar-refractivity contribution >= 4 is 17.4 Å². The molecule has 0 saturated carbocycles. The first-order valence-electron chi connectivity index (χ1n) is 11.1. The molecule has 2 aromatic carbocycles. The van der Waals surface area contributed by atoms with Gasteiger partial charge >= 0.3 is 0 Å². The number of amides is 1. The molecule has 8 heteroatoms. The van der Waals surface area contributed by atoms with E-state index in [1.165, 1.54) is 11.2 Å². The van der Waals surface area contributed by atoms with E-state index >= 15 is 0 Å². The first-order valence-corrected chi connectivity index (χ1v) is 11.1. The third-order valence-electron chi connectivity index (χ3n) is 5.80. The van der Waals surface area contributed by atoms with Gasteiger partial charge in [0.1, 0.15) is 37.1 Å². The van der Waals surface area contributed by atoms with E-state index in [4.69, 9.17) is 18.6 Å². The number of carbonyl (C=O) groups is 2. The number of aliphatic hydroxyl groups is 1. The van der Waals surface area contributed by atoms with Crippen LogP contribution in [-0.2, 0) is 16.1 Å². The number of hydrogen-bond donors (Lipinski definition) is 1. The number of furan rings is 1. The van der Waals surface area contributed by atoms with Gasteiger partial charge in [0.05, 0.1) is 24.4 Å². The summed E-state index contributed by atoms with van der Waals surface area (Å²) in [5.41, 5.74) is 0.921. The molecule has 1 aromatic heterocycles. The van der Waals surface area contributed by atoms with E-state index in [0.29, 0.717) is 54.0 Å². The maximum atomic E-state index is 13.2. The average molecular weight is 473 g/mol. The van der Waals surface area contributed by atoms with Crippen molar-refractivity contribution in [2.24, 2.45) is 0 Å². The number of carbonyl (C=O) groups excluding carboxylic acids is 2. The molecule has 1 saturated heterocycles. The van der Waals surface area contributed by atoms with Gasteiger partial charge in [0, 0.05) is 5.56 Å². The third-order valence-corrected chi connectivity index (χ3v) is 5.80. The van der Waals surface area contributed by atoms with Gasteiger partial charge in [-0.05, 0) is 48.0 Å². The lowest BCUT2D eigenvalue weighted by molar-refractivity contribution is -0.140. The predicted molar refractivity (Wildman–Crippen MR) is 126 cm³/mol. The van der Waals surface area contributed by atoms with Crippen molar-refractivity contribution in [1.82, 2.24) is 4.90 Å². The van der Waals surface area contributed by atoms with Gasteiger partial charge in [0.15, 0.2) is 11.5 Å². The minimum Gasteiger partial charge on any atom is -0.507 e. The molecular formula is C27H23NO7. The minimum atomic E-state index is -0.861. The predicted octanol–water partition coefficient (Wildman–Crippen LogP) is 4.24. The summed E-state index contributed by atoms with van der Waals surface area (Å²) < 4.78 is 22.3. The molecule has 0 aliphatic carbocycles. The zero-order valence-electron chi connectivity index (χ0n) is 18.8. The van der Waals surface area contributed by atoms with Crippen molar-refractivity contribution in [3.63, 3.8) is 0 Å². The smallest absolute Gasteiger partial charge is 0.296 e. The molecule has 0 unspecified atom stereocenters. The summed E-state index contributed by atoms with van der Waals surface area (Å²) in [5, 5.41) is 11.3. The van der Waals surface area contributed by atoms with Crippen molar-refractivity contribution in [3.05, 3.63) is 96.0 Å². The summed E-state index contributed by atoms with van der Waals surface area (Å²) in [7, 11) is 0. The SMILES string of the molecule is C=CCOc1cccc([C@H]2/C(=C(\O)c3ccc4c(c3)OCCO4)C(=O)C(=O)N2Cc2ccco2)c1. The Morgan fingerprint density at radius 2 is 1.91 bits per heavy atom. The van der Waals surface area contributed by atoms with Crippen molar-refractivity contribution in [2.75, 3.05) is 19.8 Å². The van der Waals surface area contributed by atoms with Crippen LogP contribution in [0.25, 0.3) is 5.76 Å². The van der Waals surface area contributed by atoms with Crippen molar-refractivity contribution < 1.29 is 33.3 Å². The lowest BCUT2D eigenvalue weighted by Gasteiger charge is -2.25. The summed E-state index contributed by atoms with van der Waals surface area (Å²) in [6.07, 6.45) is 3.12. The van der Waals surface area contributed by atoms with E-state index in [0.717, 1.165) is 0 Å². The number of Topliss-reactive ketones (excluding diaryl/α,β-unsaturated/α-hetero) is 1. The van der Waals surface area contributed by atoms with E-state index in [9.17, 15) is 14.7 Å². The Hall–Kier alpha value is -4.46. The molecule has 178 valence electrons. The summed E-state index contributed by atoms with van der Waals surface area (Å²) in [5.74, 6) is 0.246. The number of benzene rings is 2. The molecule has 2 aliphatic heterocycles. The quantitative estimate of drug-likeness (QED) is 0.237. The van der Waals surface area contributed by atoms with E-state index in [1.807, 2.05) is 0 Å². The molecule has 1 N–H and O–H groups in total. The normalized spacial score (nSPS) is 18.5. The first-order chi connectivity index (χ1) is 17.1. The lowest BCUT2D eigenvalue weighted by atomic mass is 9.95. The fraction of sp³-hybridized carbons (Fsp3) is 0.185. The van der Waals surface area contributed by atoms with Gasteiger partial charge in [-0.1, -0.05) is 24.8 Å². The number of nitrogens with zero attached hydrogens (tertiary/aromatic N) is 1. The third kappa shape index (κ3) is 4.26. The largest absolute Gasteiger partial charge is 0.507 e. The van der Waals surface area contributed by atoms with Gasteiger partial charge in [0.25, 0.3) is 11.7 Å². The molecule has 2 aliphatic rings. The van der Waals surface area contributed by atoms with E-state index in [2.05, 4.69) is 6.58 Å². The number of fused-ring (bicyclic) bond motifs is 1. The molecule has 3 aromatic rings. The second-order valence-electron chi connectivity index (χ2n) is 8.04. The van der Waals surface area contributed by atoms with Crippen LogP contribution in [0.1, 0.15) is 22.9 Å². The zero-order valence-corrected chi connectivity index (χ0v) is 18.8. The number of ether oxygens (including phenoxy) is 3. The Morgan fingerprint density at radius 1 is 1.09 bits per heavy atom. The molecular weight excluding hydrogens is 450 g/mol. The van der Waals surface area contributed by atoms with Gasteiger partial charge in [-0.2, -0.15) is 0 Å². The molecule has 5 rings (SSSR count). The zero-order chi connectivity index (χ0) is 24.4. The first kappa shape index (κ1) is 22.3. The Morgan fingerprint density at radius 3 is 2.69 bits per heavy atom. The Labute approximate surface area is 201 Å². The summed E-state index contributed by atoms with van der Waals surface area (Å²) in [6.45, 7) is 4.82. The number of ketones is 1. The van der Waals surface area contributed by atoms with Crippen LogP contribution >= 0.6 is 0 Å². The fourth-order valence-corrected chi connectivity index (χ4v) is 4.24. The van der Waals surface area contributed by atoms with E-state index < -0.39 is 17.7 Å². The molecule has 0 radical (unpaired) electrons. The van der Waals surface area contributed by atoms with Crippen LogP contribution in [-0.4, -0.2) is 41.5 Å². The van der Waals surface area contributed by atoms with Crippen molar-refractivity contribution in [1.29, 1.82) is 0 Å². The van der Waals surface area contributed by atoms with Crippen LogP contribution in [0.4, 0.5) is 0 Å². The highest BCUT2D eigenvalue weighted by atomic mass is 16.6.